The summed E-state index contributed by atoms with van der Waals surface area (Å²) < 4.78 is 13.2. The van der Waals surface area contributed by atoms with Crippen LogP contribution in [0.3, 0.4) is 0 Å². The predicted molar refractivity (Wildman–Crippen MR) is 81.4 cm³/mol. The van der Waals surface area contributed by atoms with E-state index in [1.807, 2.05) is 31.6 Å². The highest BCUT2D eigenvalue weighted by Gasteiger charge is 2.13. The van der Waals surface area contributed by atoms with E-state index in [2.05, 4.69) is 31.2 Å². The average molecular weight is 276 g/mol. The minimum Gasteiger partial charge on any atom is -0.489 e. The van der Waals surface area contributed by atoms with Crippen molar-refractivity contribution < 1.29 is 9.47 Å². The normalized spacial score (nSPS) is 11.8. The molecular formula is C16H24N2O2. The summed E-state index contributed by atoms with van der Waals surface area (Å²) in [6.07, 6.45) is 2.29. The van der Waals surface area contributed by atoms with Crippen molar-refractivity contribution in [2.75, 3.05) is 13.2 Å². The Kier molecular flexibility index (Phi) is 4.65. The first kappa shape index (κ1) is 14.9. The van der Waals surface area contributed by atoms with E-state index >= 15 is 0 Å². The maximum Gasteiger partial charge on any atom is 0.147 e. The Morgan fingerprint density at radius 3 is 2.55 bits per heavy atom. The zero-order chi connectivity index (χ0) is 14.7. The van der Waals surface area contributed by atoms with Gasteiger partial charge in [-0.2, -0.15) is 5.10 Å². The zero-order valence-electron chi connectivity index (χ0n) is 13.0. The molecule has 0 saturated heterocycles. The molecule has 0 aliphatic carbocycles. The van der Waals surface area contributed by atoms with Crippen LogP contribution < -0.4 is 4.74 Å². The Morgan fingerprint density at radius 1 is 1.15 bits per heavy atom. The minimum atomic E-state index is 0.233. The average Bonchev–Trinajstić information content (AvgIpc) is 2.75. The van der Waals surface area contributed by atoms with Gasteiger partial charge in [-0.1, -0.05) is 19.9 Å². The van der Waals surface area contributed by atoms with Gasteiger partial charge in [-0.15, -0.1) is 0 Å². The van der Waals surface area contributed by atoms with Crippen LogP contribution in [0.2, 0.25) is 0 Å². The maximum absolute atomic E-state index is 5.82. The van der Waals surface area contributed by atoms with Gasteiger partial charge in [0.05, 0.1) is 12.7 Å². The fraction of sp³-hybridized carbons (Fsp3) is 0.562. The molecule has 0 spiro atoms. The van der Waals surface area contributed by atoms with E-state index < -0.39 is 0 Å². The second-order valence-electron chi connectivity index (χ2n) is 5.64. The van der Waals surface area contributed by atoms with Crippen molar-refractivity contribution >= 4 is 10.9 Å². The van der Waals surface area contributed by atoms with Gasteiger partial charge in [0.25, 0.3) is 0 Å². The van der Waals surface area contributed by atoms with E-state index in [1.54, 1.807) is 0 Å². The molecule has 2 rings (SSSR count). The molecule has 0 aliphatic heterocycles. The third kappa shape index (κ3) is 3.31. The van der Waals surface area contributed by atoms with Gasteiger partial charge in [0.2, 0.25) is 0 Å². The number of fused-ring (bicyclic) bond motifs is 1. The fourth-order valence-electron chi connectivity index (χ4n) is 2.27. The third-order valence-corrected chi connectivity index (χ3v) is 3.20. The number of benzene rings is 1. The van der Waals surface area contributed by atoms with E-state index in [-0.39, 0.29) is 6.10 Å². The van der Waals surface area contributed by atoms with Crippen molar-refractivity contribution in [3.63, 3.8) is 0 Å². The van der Waals surface area contributed by atoms with Crippen molar-refractivity contribution in [1.82, 2.24) is 9.78 Å². The second kappa shape index (κ2) is 6.27. The summed E-state index contributed by atoms with van der Waals surface area (Å²) in [7, 11) is 1.94. The quantitative estimate of drug-likeness (QED) is 0.758. The van der Waals surface area contributed by atoms with Gasteiger partial charge in [-0.25, -0.2) is 0 Å². The number of hydrogen-bond acceptors (Lipinski definition) is 3. The number of aryl methyl sites for hydroxylation is 1. The molecule has 1 heterocycles. The summed E-state index contributed by atoms with van der Waals surface area (Å²) in [5.74, 6) is 1.30. The van der Waals surface area contributed by atoms with Crippen molar-refractivity contribution in [1.29, 1.82) is 0 Å². The van der Waals surface area contributed by atoms with E-state index in [1.165, 1.54) is 10.9 Å². The largest absolute Gasteiger partial charge is 0.489 e. The van der Waals surface area contributed by atoms with Gasteiger partial charge >= 0.3 is 0 Å². The summed E-state index contributed by atoms with van der Waals surface area (Å²) in [5, 5.41) is 5.69. The third-order valence-electron chi connectivity index (χ3n) is 3.20. The standard InChI is InChI=1S/C16H24N2O2/c1-11(2)13-6-7-15(20-9-8-19-12(3)4)16-14(13)10-18(5)17-16/h6-7,10-12H,8-9H2,1-5H3. The highest BCUT2D eigenvalue weighted by atomic mass is 16.5. The van der Waals surface area contributed by atoms with Crippen molar-refractivity contribution in [3.8, 4) is 5.75 Å². The second-order valence-corrected chi connectivity index (χ2v) is 5.64. The molecule has 0 atom stereocenters. The van der Waals surface area contributed by atoms with Crippen LogP contribution in [0.5, 0.6) is 5.75 Å². The topological polar surface area (TPSA) is 36.3 Å². The van der Waals surface area contributed by atoms with Crippen LogP contribution in [0.25, 0.3) is 10.9 Å². The Labute approximate surface area is 120 Å². The van der Waals surface area contributed by atoms with Gasteiger partial charge in [-0.05, 0) is 31.4 Å². The van der Waals surface area contributed by atoms with Crippen LogP contribution >= 0.6 is 0 Å². The number of nitrogens with zero attached hydrogens (tertiary/aromatic N) is 2. The number of hydrogen-bond donors (Lipinski definition) is 0. The maximum atomic E-state index is 5.82. The molecule has 20 heavy (non-hydrogen) atoms. The van der Waals surface area contributed by atoms with Crippen LogP contribution in [0.4, 0.5) is 0 Å². The first-order valence-corrected chi connectivity index (χ1v) is 7.19. The van der Waals surface area contributed by atoms with Crippen LogP contribution in [-0.2, 0) is 11.8 Å². The first-order chi connectivity index (χ1) is 9.49. The van der Waals surface area contributed by atoms with Crippen molar-refractivity contribution in [2.24, 2.45) is 7.05 Å². The molecule has 0 N–H and O–H groups in total. The van der Waals surface area contributed by atoms with Crippen LogP contribution in [0, 0.1) is 0 Å². The van der Waals surface area contributed by atoms with E-state index in [4.69, 9.17) is 9.47 Å². The molecule has 4 nitrogen and oxygen atoms in total. The lowest BCUT2D eigenvalue weighted by molar-refractivity contribution is 0.0555. The van der Waals surface area contributed by atoms with E-state index in [0.717, 1.165) is 11.3 Å². The summed E-state index contributed by atoms with van der Waals surface area (Å²) in [4.78, 5) is 0. The van der Waals surface area contributed by atoms with Crippen LogP contribution in [0.15, 0.2) is 18.3 Å². The molecule has 1 aromatic carbocycles. The van der Waals surface area contributed by atoms with E-state index in [9.17, 15) is 0 Å². The Balaban J connectivity index is 2.20. The number of rotatable bonds is 6. The zero-order valence-corrected chi connectivity index (χ0v) is 13.0. The van der Waals surface area contributed by atoms with Gasteiger partial charge in [-0.3, -0.25) is 4.68 Å². The van der Waals surface area contributed by atoms with Crippen molar-refractivity contribution in [3.05, 3.63) is 23.9 Å². The van der Waals surface area contributed by atoms with Gasteiger partial charge in [0.1, 0.15) is 17.9 Å². The SMILES string of the molecule is CC(C)OCCOc1ccc(C(C)C)c2cn(C)nc12. The molecule has 0 fully saturated rings. The molecule has 0 amide bonds. The van der Waals surface area contributed by atoms with Gasteiger partial charge in [0, 0.05) is 18.6 Å². The molecule has 110 valence electrons. The lowest BCUT2D eigenvalue weighted by atomic mass is 9.99. The van der Waals surface area contributed by atoms with Crippen molar-refractivity contribution in [2.45, 2.75) is 39.7 Å². The highest BCUT2D eigenvalue weighted by molar-refractivity contribution is 5.87. The summed E-state index contributed by atoms with van der Waals surface area (Å²) in [6.45, 7) is 9.57. The molecule has 1 aromatic heterocycles. The molecule has 0 radical (unpaired) electrons. The summed E-state index contributed by atoms with van der Waals surface area (Å²) >= 11 is 0. The molecule has 0 bridgehead atoms. The first-order valence-electron chi connectivity index (χ1n) is 7.19. The summed E-state index contributed by atoms with van der Waals surface area (Å²) in [6, 6.07) is 4.15. The molecular weight excluding hydrogens is 252 g/mol. The number of ether oxygens (including phenoxy) is 2. The predicted octanol–water partition coefficient (Wildman–Crippen LogP) is 3.50. The molecule has 2 aromatic rings. The molecule has 0 unspecified atom stereocenters. The highest BCUT2D eigenvalue weighted by Crippen LogP contribution is 2.31. The van der Waals surface area contributed by atoms with Crippen LogP contribution in [0.1, 0.15) is 39.2 Å². The van der Waals surface area contributed by atoms with Gasteiger partial charge < -0.3 is 9.47 Å². The smallest absolute Gasteiger partial charge is 0.147 e. The molecule has 0 saturated carbocycles. The Morgan fingerprint density at radius 2 is 1.90 bits per heavy atom. The molecule has 0 aliphatic rings. The number of aromatic nitrogens is 2. The fourth-order valence-corrected chi connectivity index (χ4v) is 2.27. The Bertz CT molecular complexity index is 573. The molecule has 4 heteroatoms. The minimum absolute atomic E-state index is 0.233. The lowest BCUT2D eigenvalue weighted by Crippen LogP contribution is -2.11. The lowest BCUT2D eigenvalue weighted by Gasteiger charge is -2.12. The van der Waals surface area contributed by atoms with E-state index in [0.29, 0.717) is 19.1 Å². The summed E-state index contributed by atoms with van der Waals surface area (Å²) in [5.41, 5.74) is 2.24. The Hall–Kier alpha value is -1.55. The monoisotopic (exact) mass is 276 g/mol. The van der Waals surface area contributed by atoms with Crippen LogP contribution in [-0.4, -0.2) is 29.1 Å². The van der Waals surface area contributed by atoms with Gasteiger partial charge in [0.15, 0.2) is 0 Å².